The minimum atomic E-state index is -0.851. The van der Waals surface area contributed by atoms with Crippen LogP contribution >= 0.6 is 0 Å². The van der Waals surface area contributed by atoms with E-state index in [-0.39, 0.29) is 5.52 Å². The van der Waals surface area contributed by atoms with Gasteiger partial charge in [-0.15, -0.1) is 0 Å². The molecule has 2 N–H and O–H groups in total. The predicted molar refractivity (Wildman–Crippen MR) is 72.4 cm³/mol. The Labute approximate surface area is 115 Å². The number of benzene rings is 1. The Balaban J connectivity index is 1.58. The van der Waals surface area contributed by atoms with E-state index in [4.69, 9.17) is 0 Å². The lowest BCUT2D eigenvalue weighted by Gasteiger charge is -2.28. The zero-order valence-corrected chi connectivity index (χ0v) is 11.1. The van der Waals surface area contributed by atoms with Crippen LogP contribution in [0.25, 0.3) is 11.0 Å². The molecular weight excluding hydrogens is 260 g/mol. The van der Waals surface area contributed by atoms with Crippen molar-refractivity contribution in [3.05, 3.63) is 29.6 Å². The summed E-state index contributed by atoms with van der Waals surface area (Å²) in [5.41, 5.74) is 0.702. The standard InChI is InChI=1S/C15H17F2N3/c16-11-3-4-12-15(14(11)17)20-13(19-12)7-8-5-9-1-2-10(6-8)18-9/h3-4,8-10,18H,1-2,5-7H2,(H,19,20). The number of halogens is 2. The molecule has 4 rings (SSSR count). The molecule has 2 aromatic rings. The molecule has 2 fully saturated rings. The fourth-order valence-electron chi connectivity index (χ4n) is 3.78. The Morgan fingerprint density at radius 3 is 2.65 bits per heavy atom. The highest BCUT2D eigenvalue weighted by Crippen LogP contribution is 2.32. The lowest BCUT2D eigenvalue weighted by atomic mass is 9.89. The van der Waals surface area contributed by atoms with Crippen molar-refractivity contribution < 1.29 is 8.78 Å². The summed E-state index contributed by atoms with van der Waals surface area (Å²) in [6.07, 6.45) is 5.67. The third-order valence-electron chi connectivity index (χ3n) is 4.65. The van der Waals surface area contributed by atoms with E-state index >= 15 is 0 Å². The fraction of sp³-hybridized carbons (Fsp3) is 0.533. The van der Waals surface area contributed by atoms with Gasteiger partial charge in [0, 0.05) is 18.5 Å². The number of nitrogens with zero attached hydrogens (tertiary/aromatic N) is 1. The number of hydrogen-bond donors (Lipinski definition) is 2. The molecule has 1 aromatic carbocycles. The van der Waals surface area contributed by atoms with E-state index < -0.39 is 11.6 Å². The summed E-state index contributed by atoms with van der Waals surface area (Å²) in [4.78, 5) is 7.37. The van der Waals surface area contributed by atoms with Crippen molar-refractivity contribution in [2.24, 2.45) is 5.92 Å². The second kappa shape index (κ2) is 4.52. The van der Waals surface area contributed by atoms with Crippen LogP contribution in [0.5, 0.6) is 0 Å². The molecule has 2 aliphatic rings. The van der Waals surface area contributed by atoms with Crippen LogP contribution in [0.2, 0.25) is 0 Å². The lowest BCUT2D eigenvalue weighted by molar-refractivity contribution is 0.295. The van der Waals surface area contributed by atoms with Gasteiger partial charge < -0.3 is 10.3 Å². The zero-order valence-electron chi connectivity index (χ0n) is 11.1. The van der Waals surface area contributed by atoms with Crippen molar-refractivity contribution >= 4 is 11.0 Å². The van der Waals surface area contributed by atoms with Gasteiger partial charge in [0.15, 0.2) is 11.6 Å². The highest BCUT2D eigenvalue weighted by atomic mass is 19.2. The molecule has 3 heterocycles. The van der Waals surface area contributed by atoms with Gasteiger partial charge in [0.05, 0.1) is 5.52 Å². The van der Waals surface area contributed by atoms with E-state index in [1.165, 1.54) is 12.8 Å². The maximum absolute atomic E-state index is 13.7. The van der Waals surface area contributed by atoms with Gasteiger partial charge in [0.2, 0.25) is 0 Å². The minimum absolute atomic E-state index is 0.122. The number of fused-ring (bicyclic) bond motifs is 3. The van der Waals surface area contributed by atoms with Crippen molar-refractivity contribution in [3.63, 3.8) is 0 Å². The molecule has 0 radical (unpaired) electrons. The largest absolute Gasteiger partial charge is 0.342 e. The molecule has 2 atom stereocenters. The first-order valence-corrected chi connectivity index (χ1v) is 7.27. The van der Waals surface area contributed by atoms with Gasteiger partial charge in [-0.05, 0) is 43.7 Å². The average Bonchev–Trinajstić information content (AvgIpc) is 2.98. The molecular formula is C15H17F2N3. The molecule has 2 aliphatic heterocycles. The Morgan fingerprint density at radius 1 is 1.15 bits per heavy atom. The first-order chi connectivity index (χ1) is 9.69. The Hall–Kier alpha value is -1.49. The van der Waals surface area contributed by atoms with Crippen LogP contribution in [0, 0.1) is 17.6 Å². The summed E-state index contributed by atoms with van der Waals surface area (Å²) < 4.78 is 26.8. The van der Waals surface area contributed by atoms with Gasteiger partial charge in [0.1, 0.15) is 11.3 Å². The Morgan fingerprint density at radius 2 is 1.90 bits per heavy atom. The van der Waals surface area contributed by atoms with Gasteiger partial charge >= 0.3 is 0 Å². The van der Waals surface area contributed by atoms with E-state index in [9.17, 15) is 8.78 Å². The molecule has 0 aliphatic carbocycles. The summed E-state index contributed by atoms with van der Waals surface area (Å²) >= 11 is 0. The summed E-state index contributed by atoms with van der Waals surface area (Å²) in [5.74, 6) is -0.330. The van der Waals surface area contributed by atoms with Crippen molar-refractivity contribution in [2.75, 3.05) is 0 Å². The average molecular weight is 277 g/mol. The number of hydrogen-bond acceptors (Lipinski definition) is 2. The number of aromatic amines is 1. The monoisotopic (exact) mass is 277 g/mol. The summed E-state index contributed by atoms with van der Waals surface area (Å²) in [6, 6.07) is 3.97. The van der Waals surface area contributed by atoms with Crippen LogP contribution in [0.4, 0.5) is 8.78 Å². The Bertz CT molecular complexity index is 640. The highest BCUT2D eigenvalue weighted by molar-refractivity contribution is 5.75. The van der Waals surface area contributed by atoms with Crippen LogP contribution in [0.3, 0.4) is 0 Å². The van der Waals surface area contributed by atoms with Crippen LogP contribution in [-0.2, 0) is 6.42 Å². The van der Waals surface area contributed by atoms with Crippen LogP contribution in [0.1, 0.15) is 31.5 Å². The summed E-state index contributed by atoms with van der Waals surface area (Å²) in [5, 5.41) is 3.61. The summed E-state index contributed by atoms with van der Waals surface area (Å²) in [7, 11) is 0. The molecule has 2 saturated heterocycles. The molecule has 0 spiro atoms. The molecule has 0 amide bonds. The summed E-state index contributed by atoms with van der Waals surface area (Å²) in [6.45, 7) is 0. The van der Waals surface area contributed by atoms with E-state index in [2.05, 4.69) is 15.3 Å². The molecule has 5 heteroatoms. The van der Waals surface area contributed by atoms with E-state index in [1.54, 1.807) is 6.07 Å². The van der Waals surface area contributed by atoms with Crippen LogP contribution in [0.15, 0.2) is 12.1 Å². The first-order valence-electron chi connectivity index (χ1n) is 7.27. The smallest absolute Gasteiger partial charge is 0.186 e. The predicted octanol–water partition coefficient (Wildman–Crippen LogP) is 2.91. The van der Waals surface area contributed by atoms with Crippen LogP contribution in [-0.4, -0.2) is 22.1 Å². The SMILES string of the molecule is Fc1ccc2[nH]c(CC3CC4CCC(C3)N4)nc2c1F. The maximum atomic E-state index is 13.7. The number of rotatable bonds is 2. The van der Waals surface area contributed by atoms with Crippen molar-refractivity contribution in [3.8, 4) is 0 Å². The third kappa shape index (κ3) is 2.00. The second-order valence-corrected chi connectivity index (χ2v) is 6.12. The topological polar surface area (TPSA) is 40.7 Å². The van der Waals surface area contributed by atoms with Crippen molar-refractivity contribution in [2.45, 2.75) is 44.2 Å². The van der Waals surface area contributed by atoms with Crippen molar-refractivity contribution in [1.82, 2.24) is 15.3 Å². The van der Waals surface area contributed by atoms with Crippen LogP contribution < -0.4 is 5.32 Å². The highest BCUT2D eigenvalue weighted by Gasteiger charge is 2.33. The number of H-pyrrole nitrogens is 1. The molecule has 2 unspecified atom stereocenters. The number of nitrogens with one attached hydrogen (secondary N) is 2. The third-order valence-corrected chi connectivity index (χ3v) is 4.65. The van der Waals surface area contributed by atoms with Gasteiger partial charge in [-0.3, -0.25) is 0 Å². The van der Waals surface area contributed by atoms with E-state index in [1.807, 2.05) is 0 Å². The van der Waals surface area contributed by atoms with E-state index in [0.29, 0.717) is 23.5 Å². The lowest BCUT2D eigenvalue weighted by Crippen LogP contribution is -2.38. The molecule has 1 aromatic heterocycles. The first kappa shape index (κ1) is 12.3. The van der Waals surface area contributed by atoms with Gasteiger partial charge in [-0.1, -0.05) is 0 Å². The Kier molecular flexibility index (Phi) is 2.77. The molecule has 3 nitrogen and oxygen atoms in total. The minimum Gasteiger partial charge on any atom is -0.342 e. The van der Waals surface area contributed by atoms with Crippen molar-refractivity contribution in [1.29, 1.82) is 0 Å². The molecule has 106 valence electrons. The fourth-order valence-corrected chi connectivity index (χ4v) is 3.78. The quantitative estimate of drug-likeness (QED) is 0.886. The second-order valence-electron chi connectivity index (χ2n) is 6.12. The molecule has 2 bridgehead atoms. The number of imidazole rings is 1. The normalized spacial score (nSPS) is 29.2. The van der Waals surface area contributed by atoms with E-state index in [0.717, 1.165) is 31.2 Å². The van der Waals surface area contributed by atoms with Gasteiger partial charge in [-0.25, -0.2) is 13.8 Å². The maximum Gasteiger partial charge on any atom is 0.186 e. The number of aromatic nitrogens is 2. The molecule has 0 saturated carbocycles. The molecule has 20 heavy (non-hydrogen) atoms. The number of piperidine rings is 1. The van der Waals surface area contributed by atoms with Gasteiger partial charge in [0.25, 0.3) is 0 Å². The zero-order chi connectivity index (χ0) is 13.7. The van der Waals surface area contributed by atoms with Gasteiger partial charge in [-0.2, -0.15) is 0 Å².